The number of ether oxygens (including phenoxy) is 3. The summed E-state index contributed by atoms with van der Waals surface area (Å²) in [6.45, 7) is 2.06. The molecule has 1 amide bonds. The van der Waals surface area contributed by atoms with Gasteiger partial charge >= 0.3 is 0 Å². The van der Waals surface area contributed by atoms with Gasteiger partial charge in [-0.1, -0.05) is 17.7 Å². The number of halogens is 1. The first-order valence-corrected chi connectivity index (χ1v) is 7.82. The molecule has 0 fully saturated rings. The molecule has 0 aliphatic rings. The summed E-state index contributed by atoms with van der Waals surface area (Å²) >= 11 is 5.82. The second kappa shape index (κ2) is 8.45. The third kappa shape index (κ3) is 4.80. The Bertz CT molecular complexity index is 688. The van der Waals surface area contributed by atoms with Crippen LogP contribution in [-0.2, 0) is 11.3 Å². The van der Waals surface area contributed by atoms with Crippen molar-refractivity contribution in [3.05, 3.63) is 53.1 Å². The minimum Gasteiger partial charge on any atom is -0.493 e. The third-order valence-electron chi connectivity index (χ3n) is 3.41. The van der Waals surface area contributed by atoms with Crippen LogP contribution in [0.2, 0.25) is 5.02 Å². The summed E-state index contributed by atoms with van der Waals surface area (Å²) in [5, 5.41) is 3.45. The van der Waals surface area contributed by atoms with Crippen molar-refractivity contribution in [2.45, 2.75) is 19.6 Å². The van der Waals surface area contributed by atoms with Gasteiger partial charge in [-0.3, -0.25) is 4.79 Å². The second-order valence-corrected chi connectivity index (χ2v) is 5.56. The van der Waals surface area contributed by atoms with Crippen LogP contribution < -0.4 is 19.5 Å². The van der Waals surface area contributed by atoms with E-state index in [0.29, 0.717) is 28.8 Å². The van der Waals surface area contributed by atoms with Crippen LogP contribution in [-0.4, -0.2) is 26.2 Å². The Morgan fingerprint density at radius 2 is 1.75 bits per heavy atom. The zero-order chi connectivity index (χ0) is 17.5. The van der Waals surface area contributed by atoms with Gasteiger partial charge in [0.15, 0.2) is 17.6 Å². The number of hydrogen-bond acceptors (Lipinski definition) is 4. The highest BCUT2D eigenvalue weighted by atomic mass is 35.5. The summed E-state index contributed by atoms with van der Waals surface area (Å²) in [6.07, 6.45) is -0.619. The molecule has 6 heteroatoms. The van der Waals surface area contributed by atoms with Crippen molar-refractivity contribution in [3.63, 3.8) is 0 Å². The summed E-state index contributed by atoms with van der Waals surface area (Å²) < 4.78 is 16.0. The van der Waals surface area contributed by atoms with Gasteiger partial charge < -0.3 is 19.5 Å². The highest BCUT2D eigenvalue weighted by molar-refractivity contribution is 6.30. The first kappa shape index (κ1) is 17.9. The Balaban J connectivity index is 1.91. The van der Waals surface area contributed by atoms with Crippen LogP contribution in [0.5, 0.6) is 17.2 Å². The van der Waals surface area contributed by atoms with E-state index >= 15 is 0 Å². The van der Waals surface area contributed by atoms with Crippen LogP contribution in [0.1, 0.15) is 12.5 Å². The second-order valence-electron chi connectivity index (χ2n) is 5.12. The van der Waals surface area contributed by atoms with Crippen LogP contribution in [0.25, 0.3) is 0 Å². The topological polar surface area (TPSA) is 56.8 Å². The number of carbonyl (C=O) groups excluding carboxylic acids is 1. The molecule has 24 heavy (non-hydrogen) atoms. The van der Waals surface area contributed by atoms with Gasteiger partial charge in [0.2, 0.25) is 0 Å². The van der Waals surface area contributed by atoms with E-state index < -0.39 is 6.10 Å². The Kier molecular flexibility index (Phi) is 6.32. The van der Waals surface area contributed by atoms with Crippen LogP contribution in [0, 0.1) is 0 Å². The van der Waals surface area contributed by atoms with E-state index in [0.717, 1.165) is 5.56 Å². The first-order valence-electron chi connectivity index (χ1n) is 7.44. The summed E-state index contributed by atoms with van der Waals surface area (Å²) in [4.78, 5) is 12.1. The highest BCUT2D eigenvalue weighted by Crippen LogP contribution is 2.27. The van der Waals surface area contributed by atoms with E-state index in [9.17, 15) is 4.79 Å². The zero-order valence-corrected chi connectivity index (χ0v) is 14.6. The summed E-state index contributed by atoms with van der Waals surface area (Å²) in [5.41, 5.74) is 0.902. The van der Waals surface area contributed by atoms with Crippen LogP contribution in [0.4, 0.5) is 0 Å². The van der Waals surface area contributed by atoms with Gasteiger partial charge in [0, 0.05) is 11.6 Å². The minimum absolute atomic E-state index is 0.209. The smallest absolute Gasteiger partial charge is 0.261 e. The molecule has 0 spiro atoms. The maximum Gasteiger partial charge on any atom is 0.261 e. The number of rotatable bonds is 7. The van der Waals surface area contributed by atoms with Crippen molar-refractivity contribution in [1.82, 2.24) is 5.32 Å². The van der Waals surface area contributed by atoms with E-state index in [1.807, 2.05) is 12.1 Å². The minimum atomic E-state index is -0.619. The summed E-state index contributed by atoms with van der Waals surface area (Å²) in [5.74, 6) is 1.65. The number of nitrogens with one attached hydrogen (secondary N) is 1. The van der Waals surface area contributed by atoms with Gasteiger partial charge in [-0.2, -0.15) is 0 Å². The van der Waals surface area contributed by atoms with E-state index in [2.05, 4.69) is 5.32 Å². The van der Waals surface area contributed by atoms with Crippen molar-refractivity contribution in [3.8, 4) is 17.2 Å². The lowest BCUT2D eigenvalue weighted by Gasteiger charge is -2.15. The molecule has 0 unspecified atom stereocenters. The molecule has 1 atom stereocenters. The quantitative estimate of drug-likeness (QED) is 0.832. The molecular weight excluding hydrogens is 330 g/mol. The maximum atomic E-state index is 12.1. The highest BCUT2D eigenvalue weighted by Gasteiger charge is 2.14. The lowest BCUT2D eigenvalue weighted by molar-refractivity contribution is -0.127. The number of benzene rings is 2. The standard InChI is InChI=1S/C18H20ClNO4/c1-12(24-15-7-5-14(19)6-8-15)18(21)20-11-13-4-9-16(22-2)17(10-13)23-3/h4-10,12H,11H2,1-3H3,(H,20,21)/t12-/m1/s1. The fraction of sp³-hybridized carbons (Fsp3) is 0.278. The fourth-order valence-corrected chi connectivity index (χ4v) is 2.22. The average Bonchev–Trinajstić information content (AvgIpc) is 2.61. The molecule has 0 bridgehead atoms. The van der Waals surface area contributed by atoms with Crippen LogP contribution in [0.15, 0.2) is 42.5 Å². The molecule has 5 nitrogen and oxygen atoms in total. The molecule has 2 aromatic rings. The zero-order valence-electron chi connectivity index (χ0n) is 13.8. The largest absolute Gasteiger partial charge is 0.493 e. The van der Waals surface area contributed by atoms with Gasteiger partial charge in [0.05, 0.1) is 14.2 Å². The van der Waals surface area contributed by atoms with Gasteiger partial charge in [-0.25, -0.2) is 0 Å². The lowest BCUT2D eigenvalue weighted by Crippen LogP contribution is -2.35. The molecule has 0 saturated carbocycles. The van der Waals surface area contributed by atoms with Crippen molar-refractivity contribution >= 4 is 17.5 Å². The Morgan fingerprint density at radius 1 is 1.08 bits per heavy atom. The predicted octanol–water partition coefficient (Wildman–Crippen LogP) is 3.44. The van der Waals surface area contributed by atoms with E-state index in [1.54, 1.807) is 51.5 Å². The summed E-state index contributed by atoms with van der Waals surface area (Å²) in [6, 6.07) is 12.4. The van der Waals surface area contributed by atoms with Crippen LogP contribution >= 0.6 is 11.6 Å². The number of hydrogen-bond donors (Lipinski definition) is 1. The van der Waals surface area contributed by atoms with Gasteiger partial charge in [0.1, 0.15) is 5.75 Å². The molecule has 2 aromatic carbocycles. The Hall–Kier alpha value is -2.40. The number of methoxy groups -OCH3 is 2. The van der Waals surface area contributed by atoms with Gasteiger partial charge in [-0.05, 0) is 48.9 Å². The molecule has 1 N–H and O–H groups in total. The van der Waals surface area contributed by atoms with E-state index in [-0.39, 0.29) is 5.91 Å². The maximum absolute atomic E-state index is 12.1. The molecule has 0 aliphatic carbocycles. The molecule has 2 rings (SSSR count). The molecule has 0 radical (unpaired) electrons. The summed E-state index contributed by atoms with van der Waals surface area (Å²) in [7, 11) is 3.15. The van der Waals surface area contributed by atoms with Crippen LogP contribution in [0.3, 0.4) is 0 Å². The first-order chi connectivity index (χ1) is 11.5. The van der Waals surface area contributed by atoms with Crippen molar-refractivity contribution < 1.29 is 19.0 Å². The third-order valence-corrected chi connectivity index (χ3v) is 3.66. The predicted molar refractivity (Wildman–Crippen MR) is 92.9 cm³/mol. The lowest BCUT2D eigenvalue weighted by atomic mass is 10.2. The van der Waals surface area contributed by atoms with Crippen molar-refractivity contribution in [1.29, 1.82) is 0 Å². The van der Waals surface area contributed by atoms with E-state index in [4.69, 9.17) is 25.8 Å². The Morgan fingerprint density at radius 3 is 2.38 bits per heavy atom. The van der Waals surface area contributed by atoms with Gasteiger partial charge in [0.25, 0.3) is 5.91 Å². The molecule has 0 saturated heterocycles. The normalized spacial score (nSPS) is 11.5. The monoisotopic (exact) mass is 349 g/mol. The van der Waals surface area contributed by atoms with E-state index in [1.165, 1.54) is 0 Å². The molecule has 128 valence electrons. The molecule has 0 aliphatic heterocycles. The Labute approximate surface area is 146 Å². The van der Waals surface area contributed by atoms with Gasteiger partial charge in [-0.15, -0.1) is 0 Å². The SMILES string of the molecule is COc1ccc(CNC(=O)[C@@H](C)Oc2ccc(Cl)cc2)cc1OC. The average molecular weight is 350 g/mol. The number of amides is 1. The molecule has 0 aromatic heterocycles. The van der Waals surface area contributed by atoms with Crippen molar-refractivity contribution in [2.24, 2.45) is 0 Å². The number of carbonyl (C=O) groups is 1. The fourth-order valence-electron chi connectivity index (χ4n) is 2.09. The molecule has 0 heterocycles. The van der Waals surface area contributed by atoms with Crippen molar-refractivity contribution in [2.75, 3.05) is 14.2 Å². The molecular formula is C18H20ClNO4.